The zero-order valence-electron chi connectivity index (χ0n) is 30.2. The molecule has 4 fully saturated rings. The fraction of sp³-hybridized carbons (Fsp3) is 0.659. The molecule has 5 aliphatic carbocycles. The molecule has 5 aliphatic rings. The largest absolute Gasteiger partial charge is 0.396 e. The van der Waals surface area contributed by atoms with E-state index in [0.29, 0.717) is 52.2 Å². The van der Waals surface area contributed by atoms with Gasteiger partial charge in [-0.15, -0.1) is 0 Å². The van der Waals surface area contributed by atoms with Crippen molar-refractivity contribution in [2.75, 3.05) is 6.61 Å². The summed E-state index contributed by atoms with van der Waals surface area (Å²) in [6.45, 7) is 18.3. The zero-order valence-corrected chi connectivity index (χ0v) is 30.2. The molecule has 2 aromatic rings. The smallest absolute Gasteiger partial charge is 0.195 e. The van der Waals surface area contributed by atoms with E-state index in [4.69, 9.17) is 0 Å². The van der Waals surface area contributed by atoms with Crippen molar-refractivity contribution in [1.82, 2.24) is 0 Å². The minimum absolute atomic E-state index is 0.0267. The normalized spacial score (nSPS) is 41.2. The van der Waals surface area contributed by atoms with Crippen molar-refractivity contribution >= 4 is 11.4 Å². The summed E-state index contributed by atoms with van der Waals surface area (Å²) >= 11 is 0. The van der Waals surface area contributed by atoms with Crippen LogP contribution in [0.15, 0.2) is 60.7 Å². The molecule has 0 saturated heterocycles. The van der Waals surface area contributed by atoms with Crippen LogP contribution in [0.5, 0.6) is 0 Å². The molecule has 0 spiro atoms. The molecule has 4 saturated carbocycles. The quantitative estimate of drug-likeness (QED) is 0.310. The van der Waals surface area contributed by atoms with Crippen molar-refractivity contribution in [3.63, 3.8) is 0 Å². The van der Waals surface area contributed by atoms with Gasteiger partial charge in [-0.1, -0.05) is 109 Å². The highest BCUT2D eigenvalue weighted by atomic mass is 16.3. The zero-order chi connectivity index (χ0) is 33.6. The summed E-state index contributed by atoms with van der Waals surface area (Å²) in [6.07, 6.45) is 12.8. The lowest BCUT2D eigenvalue weighted by Gasteiger charge is -2.72. The van der Waals surface area contributed by atoms with Crippen LogP contribution in [0.4, 0.5) is 0 Å². The predicted molar refractivity (Wildman–Crippen MR) is 192 cm³/mol. The molecule has 3 heteroatoms. The maximum Gasteiger partial charge on any atom is 0.195 e. The molecule has 2 aromatic carbocycles. The summed E-state index contributed by atoms with van der Waals surface area (Å²) in [5.74, 6) is 3.90. The Kier molecular flexibility index (Phi) is 8.08. The molecule has 0 heterocycles. The number of ketones is 1. The first-order valence-corrected chi connectivity index (χ1v) is 18.9. The number of aliphatic hydroxyl groups excluding tert-OH is 2. The average Bonchev–Trinajstić information content (AvgIpc) is 3.45. The Balaban J connectivity index is 1.17. The van der Waals surface area contributed by atoms with Crippen molar-refractivity contribution < 1.29 is 15.0 Å². The number of hydrogen-bond donors (Lipinski definition) is 2. The van der Waals surface area contributed by atoms with Crippen molar-refractivity contribution in [2.24, 2.45) is 62.6 Å². The molecule has 2 N–H and O–H groups in total. The minimum atomic E-state index is -1.15. The number of fused-ring (bicyclic) bond motifs is 7. The van der Waals surface area contributed by atoms with E-state index in [1.165, 1.54) is 62.5 Å². The lowest BCUT2D eigenvalue weighted by atomic mass is 9.32. The van der Waals surface area contributed by atoms with E-state index in [1.807, 2.05) is 30.3 Å². The van der Waals surface area contributed by atoms with E-state index < -0.39 is 6.10 Å². The first-order chi connectivity index (χ1) is 22.2. The molecule has 0 aromatic heterocycles. The SMILES string of the molecule is CC(C)[C@@H]1CC[C@]2(CO)CC[C@]3(C)[C@H](CC[C@@H]4[C@@]5(C)CC=C(c6ccc(C(O)C(=O)c7ccccc7)cc6)C(C)(C)[C@@H]5CC[C@]43C)[C@@H]12. The Morgan fingerprint density at radius 1 is 0.809 bits per heavy atom. The van der Waals surface area contributed by atoms with Crippen LogP contribution >= 0.6 is 0 Å². The number of Topliss-reactive ketones (excluding diaryl/α,β-unsaturated/α-hetero) is 1. The third-order valence-electron chi connectivity index (χ3n) is 16.2. The van der Waals surface area contributed by atoms with Crippen LogP contribution in [0.3, 0.4) is 0 Å². The number of carbonyl (C=O) groups is 1. The molecule has 7 rings (SSSR count). The fourth-order valence-corrected chi connectivity index (χ4v) is 13.7. The number of rotatable bonds is 6. The third-order valence-corrected chi connectivity index (χ3v) is 16.2. The van der Waals surface area contributed by atoms with Crippen LogP contribution in [-0.2, 0) is 0 Å². The van der Waals surface area contributed by atoms with Gasteiger partial charge in [0.15, 0.2) is 5.78 Å². The standard InChI is InChI=1S/C44H60O3/c1-28(2)32-19-24-44(27-45)26-25-42(6)34(37(32)44)17-18-36-41(5)22-20-33(40(3,4)35(41)21-23-43(36,42)7)29-13-15-31(16-14-29)39(47)38(46)30-11-9-8-10-12-30/h8-16,20,28,32,34-37,39,45,47H,17-19,21-27H2,1-7H3/t32-,34+,35-,36+,37+,39?,41-,42+,43+,44+/m0/s1. The number of allylic oxidation sites excluding steroid dienone is 2. The van der Waals surface area contributed by atoms with Crippen LogP contribution in [-0.4, -0.2) is 22.6 Å². The van der Waals surface area contributed by atoms with Gasteiger partial charge in [-0.25, -0.2) is 0 Å². The molecule has 0 amide bonds. The summed E-state index contributed by atoms with van der Waals surface area (Å²) in [5, 5.41) is 21.8. The molecule has 0 aliphatic heterocycles. The third kappa shape index (κ3) is 4.68. The summed E-state index contributed by atoms with van der Waals surface area (Å²) in [4.78, 5) is 12.9. The van der Waals surface area contributed by atoms with Gasteiger partial charge in [-0.3, -0.25) is 4.79 Å². The van der Waals surface area contributed by atoms with Crippen LogP contribution in [0.1, 0.15) is 134 Å². The van der Waals surface area contributed by atoms with E-state index in [2.05, 4.69) is 66.7 Å². The van der Waals surface area contributed by atoms with Gasteiger partial charge in [0.05, 0.1) is 0 Å². The molecular weight excluding hydrogens is 576 g/mol. The van der Waals surface area contributed by atoms with E-state index >= 15 is 0 Å². The number of benzene rings is 2. The van der Waals surface area contributed by atoms with Gasteiger partial charge in [0, 0.05) is 12.2 Å². The maximum atomic E-state index is 12.9. The molecular formula is C44H60O3. The molecule has 47 heavy (non-hydrogen) atoms. The Morgan fingerprint density at radius 3 is 2.17 bits per heavy atom. The van der Waals surface area contributed by atoms with E-state index in [9.17, 15) is 15.0 Å². The van der Waals surface area contributed by atoms with E-state index in [0.717, 1.165) is 18.3 Å². The second-order valence-corrected chi connectivity index (χ2v) is 18.5. The Morgan fingerprint density at radius 2 is 1.51 bits per heavy atom. The van der Waals surface area contributed by atoms with Crippen molar-refractivity contribution in [1.29, 1.82) is 0 Å². The van der Waals surface area contributed by atoms with Crippen LogP contribution in [0.25, 0.3) is 5.57 Å². The molecule has 254 valence electrons. The molecule has 10 atom stereocenters. The first-order valence-electron chi connectivity index (χ1n) is 18.9. The average molecular weight is 637 g/mol. The molecule has 1 unspecified atom stereocenters. The second-order valence-electron chi connectivity index (χ2n) is 18.5. The molecule has 0 bridgehead atoms. The monoisotopic (exact) mass is 636 g/mol. The van der Waals surface area contributed by atoms with Gasteiger partial charge in [0.2, 0.25) is 0 Å². The number of aliphatic hydroxyl groups is 2. The lowest BCUT2D eigenvalue weighted by Crippen LogP contribution is -2.65. The van der Waals surface area contributed by atoms with Crippen molar-refractivity contribution in [2.45, 2.75) is 112 Å². The van der Waals surface area contributed by atoms with Crippen molar-refractivity contribution in [3.8, 4) is 0 Å². The summed E-state index contributed by atoms with van der Waals surface area (Å²) in [6, 6.07) is 17.3. The van der Waals surface area contributed by atoms with Gasteiger partial charge in [-0.2, -0.15) is 0 Å². The van der Waals surface area contributed by atoms with Crippen LogP contribution in [0.2, 0.25) is 0 Å². The Bertz CT molecular complexity index is 1520. The Labute approximate surface area is 284 Å². The second kappa shape index (κ2) is 11.4. The summed E-state index contributed by atoms with van der Waals surface area (Å²) in [7, 11) is 0. The van der Waals surface area contributed by atoms with Gasteiger partial charge in [0.25, 0.3) is 0 Å². The number of hydrogen-bond acceptors (Lipinski definition) is 3. The van der Waals surface area contributed by atoms with Gasteiger partial charge in [0.1, 0.15) is 6.10 Å². The highest BCUT2D eigenvalue weighted by Crippen LogP contribution is 2.77. The van der Waals surface area contributed by atoms with Gasteiger partial charge >= 0.3 is 0 Å². The highest BCUT2D eigenvalue weighted by molar-refractivity contribution is 5.99. The first kappa shape index (κ1) is 33.3. The predicted octanol–water partition coefficient (Wildman–Crippen LogP) is 10.3. The number of carbonyl (C=O) groups excluding carboxylic acids is 1. The van der Waals surface area contributed by atoms with Crippen LogP contribution < -0.4 is 0 Å². The fourth-order valence-electron chi connectivity index (χ4n) is 13.7. The topological polar surface area (TPSA) is 57.5 Å². The summed E-state index contributed by atoms with van der Waals surface area (Å²) < 4.78 is 0. The van der Waals surface area contributed by atoms with E-state index in [1.54, 1.807) is 12.1 Å². The van der Waals surface area contributed by atoms with Gasteiger partial charge < -0.3 is 10.2 Å². The van der Waals surface area contributed by atoms with Crippen molar-refractivity contribution in [3.05, 3.63) is 77.4 Å². The molecule has 0 radical (unpaired) electrons. The van der Waals surface area contributed by atoms with Gasteiger partial charge in [-0.05, 0) is 137 Å². The lowest BCUT2D eigenvalue weighted by molar-refractivity contribution is -0.230. The molecule has 3 nitrogen and oxygen atoms in total. The Hall–Kier alpha value is -2.23. The van der Waals surface area contributed by atoms with E-state index in [-0.39, 0.29) is 22.0 Å². The highest BCUT2D eigenvalue weighted by Gasteiger charge is 2.70. The van der Waals surface area contributed by atoms with Crippen LogP contribution in [0, 0.1) is 62.6 Å². The summed E-state index contributed by atoms with van der Waals surface area (Å²) in [5.41, 5.74) is 4.92. The maximum absolute atomic E-state index is 12.9. The minimum Gasteiger partial charge on any atom is -0.396 e.